The fraction of sp³-hybridized carbons (Fsp3) is 0.667. The third-order valence-corrected chi connectivity index (χ3v) is 3.99. The van der Waals surface area contributed by atoms with Crippen molar-refractivity contribution in [2.45, 2.75) is 31.4 Å². The SMILES string of the molecule is O=C(CC1CCCO1)N1CC(n2cc(Br)cn2)C1. The molecule has 6 heteroatoms. The van der Waals surface area contributed by atoms with Crippen LogP contribution in [0, 0.1) is 0 Å². The van der Waals surface area contributed by atoms with E-state index >= 15 is 0 Å². The fourth-order valence-electron chi connectivity index (χ4n) is 2.47. The molecule has 2 fully saturated rings. The van der Waals surface area contributed by atoms with E-state index in [1.165, 1.54) is 0 Å². The number of hydrogen-bond donors (Lipinski definition) is 0. The van der Waals surface area contributed by atoms with Crippen molar-refractivity contribution < 1.29 is 9.53 Å². The van der Waals surface area contributed by atoms with Gasteiger partial charge < -0.3 is 9.64 Å². The molecule has 2 aliphatic rings. The molecule has 1 amide bonds. The molecular weight excluding hydrogens is 298 g/mol. The second-order valence-electron chi connectivity index (χ2n) is 4.93. The standard InChI is InChI=1S/C12H16BrN3O2/c13-9-5-14-16(6-9)10-7-15(8-10)12(17)4-11-2-1-3-18-11/h5-6,10-11H,1-4,7-8H2. The zero-order chi connectivity index (χ0) is 12.5. The van der Waals surface area contributed by atoms with Crippen LogP contribution in [0.2, 0.25) is 0 Å². The van der Waals surface area contributed by atoms with Crippen LogP contribution >= 0.6 is 15.9 Å². The Morgan fingerprint density at radius 3 is 3.00 bits per heavy atom. The van der Waals surface area contributed by atoms with Crippen LogP contribution in [-0.2, 0) is 9.53 Å². The first-order chi connectivity index (χ1) is 8.72. The zero-order valence-corrected chi connectivity index (χ0v) is 11.7. The van der Waals surface area contributed by atoms with Crippen LogP contribution < -0.4 is 0 Å². The molecule has 18 heavy (non-hydrogen) atoms. The Balaban J connectivity index is 1.48. The lowest BCUT2D eigenvalue weighted by Gasteiger charge is -2.39. The van der Waals surface area contributed by atoms with Crippen LogP contribution in [0.3, 0.4) is 0 Å². The molecule has 3 heterocycles. The second kappa shape index (κ2) is 5.01. The molecule has 0 saturated carbocycles. The van der Waals surface area contributed by atoms with Gasteiger partial charge in [-0.15, -0.1) is 0 Å². The zero-order valence-electron chi connectivity index (χ0n) is 10.1. The van der Waals surface area contributed by atoms with Crippen molar-refractivity contribution in [3.05, 3.63) is 16.9 Å². The van der Waals surface area contributed by atoms with Gasteiger partial charge in [0.05, 0.1) is 29.2 Å². The van der Waals surface area contributed by atoms with Gasteiger partial charge in [-0.25, -0.2) is 0 Å². The van der Waals surface area contributed by atoms with Crippen LogP contribution in [0.1, 0.15) is 25.3 Å². The third kappa shape index (κ3) is 2.44. The van der Waals surface area contributed by atoms with E-state index in [1.807, 2.05) is 15.8 Å². The van der Waals surface area contributed by atoms with Crippen LogP contribution in [0.5, 0.6) is 0 Å². The molecule has 0 bridgehead atoms. The van der Waals surface area contributed by atoms with E-state index in [4.69, 9.17) is 4.74 Å². The number of hydrogen-bond acceptors (Lipinski definition) is 3. The molecule has 3 rings (SSSR count). The van der Waals surface area contributed by atoms with E-state index in [0.717, 1.165) is 37.0 Å². The summed E-state index contributed by atoms with van der Waals surface area (Å²) in [6.07, 6.45) is 6.52. The summed E-state index contributed by atoms with van der Waals surface area (Å²) in [6, 6.07) is 0.324. The molecule has 0 aromatic carbocycles. The van der Waals surface area contributed by atoms with E-state index in [9.17, 15) is 4.79 Å². The second-order valence-corrected chi connectivity index (χ2v) is 5.85. The maximum atomic E-state index is 12.0. The van der Waals surface area contributed by atoms with E-state index in [2.05, 4.69) is 21.0 Å². The van der Waals surface area contributed by atoms with Crippen molar-refractivity contribution in [1.82, 2.24) is 14.7 Å². The number of carbonyl (C=O) groups is 1. The predicted octanol–water partition coefficient (Wildman–Crippen LogP) is 1.60. The first kappa shape index (κ1) is 12.2. The number of halogens is 1. The molecular formula is C12H16BrN3O2. The molecule has 2 saturated heterocycles. The number of nitrogens with zero attached hydrogens (tertiary/aromatic N) is 3. The molecule has 5 nitrogen and oxygen atoms in total. The maximum absolute atomic E-state index is 12.0. The Kier molecular flexibility index (Phi) is 3.39. The van der Waals surface area contributed by atoms with Crippen molar-refractivity contribution in [1.29, 1.82) is 0 Å². The van der Waals surface area contributed by atoms with Crippen LogP contribution in [0.15, 0.2) is 16.9 Å². The van der Waals surface area contributed by atoms with Crippen LogP contribution in [0.25, 0.3) is 0 Å². The van der Waals surface area contributed by atoms with Crippen molar-refractivity contribution in [3.63, 3.8) is 0 Å². The molecule has 98 valence electrons. The van der Waals surface area contributed by atoms with Crippen molar-refractivity contribution in [2.24, 2.45) is 0 Å². The molecule has 1 aromatic rings. The molecule has 0 radical (unpaired) electrons. The van der Waals surface area contributed by atoms with E-state index in [-0.39, 0.29) is 12.0 Å². The molecule has 0 spiro atoms. The van der Waals surface area contributed by atoms with Crippen molar-refractivity contribution in [3.8, 4) is 0 Å². The smallest absolute Gasteiger partial charge is 0.225 e. The number of carbonyl (C=O) groups excluding carboxylic acids is 1. The Morgan fingerprint density at radius 2 is 2.39 bits per heavy atom. The number of rotatable bonds is 3. The molecule has 2 aliphatic heterocycles. The minimum atomic E-state index is 0.149. The number of likely N-dealkylation sites (tertiary alicyclic amines) is 1. The largest absolute Gasteiger partial charge is 0.378 e. The highest BCUT2D eigenvalue weighted by atomic mass is 79.9. The van der Waals surface area contributed by atoms with Gasteiger partial charge in [0.1, 0.15) is 0 Å². The predicted molar refractivity (Wildman–Crippen MR) is 69.1 cm³/mol. The summed E-state index contributed by atoms with van der Waals surface area (Å²) in [7, 11) is 0. The molecule has 0 N–H and O–H groups in total. The lowest BCUT2D eigenvalue weighted by atomic mass is 10.1. The summed E-state index contributed by atoms with van der Waals surface area (Å²) in [5.74, 6) is 0.212. The summed E-state index contributed by atoms with van der Waals surface area (Å²) < 4.78 is 8.38. The lowest BCUT2D eigenvalue weighted by molar-refractivity contribution is -0.139. The number of aromatic nitrogens is 2. The quantitative estimate of drug-likeness (QED) is 0.851. The Labute approximate surface area is 114 Å². The van der Waals surface area contributed by atoms with Gasteiger partial charge in [-0.3, -0.25) is 9.48 Å². The van der Waals surface area contributed by atoms with E-state index in [0.29, 0.717) is 12.5 Å². The third-order valence-electron chi connectivity index (χ3n) is 3.59. The van der Waals surface area contributed by atoms with Gasteiger partial charge in [0.2, 0.25) is 5.91 Å². The van der Waals surface area contributed by atoms with Crippen LogP contribution in [-0.4, -0.2) is 46.4 Å². The average molecular weight is 314 g/mol. The fourth-order valence-corrected chi connectivity index (χ4v) is 2.77. The van der Waals surface area contributed by atoms with Gasteiger partial charge in [-0.05, 0) is 28.8 Å². The van der Waals surface area contributed by atoms with Gasteiger partial charge in [-0.1, -0.05) is 0 Å². The average Bonchev–Trinajstić information content (AvgIpc) is 2.88. The van der Waals surface area contributed by atoms with Gasteiger partial charge in [-0.2, -0.15) is 5.10 Å². The Morgan fingerprint density at radius 1 is 1.56 bits per heavy atom. The minimum Gasteiger partial charge on any atom is -0.378 e. The molecule has 0 aliphatic carbocycles. The minimum absolute atomic E-state index is 0.149. The van der Waals surface area contributed by atoms with Gasteiger partial charge in [0.25, 0.3) is 0 Å². The summed E-state index contributed by atoms with van der Waals surface area (Å²) >= 11 is 3.38. The highest BCUT2D eigenvalue weighted by molar-refractivity contribution is 9.10. The molecule has 1 aromatic heterocycles. The summed E-state index contributed by atoms with van der Waals surface area (Å²) in [4.78, 5) is 13.9. The lowest BCUT2D eigenvalue weighted by Crippen LogP contribution is -2.51. The van der Waals surface area contributed by atoms with E-state index < -0.39 is 0 Å². The maximum Gasteiger partial charge on any atom is 0.225 e. The number of ether oxygens (including phenoxy) is 1. The Bertz CT molecular complexity index is 436. The highest BCUT2D eigenvalue weighted by Gasteiger charge is 2.33. The number of amides is 1. The topological polar surface area (TPSA) is 47.4 Å². The Hall–Kier alpha value is -0.880. The first-order valence-corrected chi connectivity index (χ1v) is 7.11. The monoisotopic (exact) mass is 313 g/mol. The van der Waals surface area contributed by atoms with E-state index in [1.54, 1.807) is 6.20 Å². The first-order valence-electron chi connectivity index (χ1n) is 6.31. The highest BCUT2D eigenvalue weighted by Crippen LogP contribution is 2.24. The summed E-state index contributed by atoms with van der Waals surface area (Å²) in [5, 5.41) is 4.24. The van der Waals surface area contributed by atoms with Crippen molar-refractivity contribution in [2.75, 3.05) is 19.7 Å². The van der Waals surface area contributed by atoms with Gasteiger partial charge in [0.15, 0.2) is 0 Å². The van der Waals surface area contributed by atoms with Crippen LogP contribution in [0.4, 0.5) is 0 Å². The normalized spacial score (nSPS) is 24.3. The molecule has 1 atom stereocenters. The summed E-state index contributed by atoms with van der Waals surface area (Å²) in [6.45, 7) is 2.33. The summed E-state index contributed by atoms with van der Waals surface area (Å²) in [5.41, 5.74) is 0. The molecule has 1 unspecified atom stereocenters. The van der Waals surface area contributed by atoms with Gasteiger partial charge in [0, 0.05) is 25.9 Å². The van der Waals surface area contributed by atoms with Crippen molar-refractivity contribution >= 4 is 21.8 Å². The van der Waals surface area contributed by atoms with Gasteiger partial charge >= 0.3 is 0 Å².